The number of hydrogen-bond acceptors (Lipinski definition) is 4. The van der Waals surface area contributed by atoms with Crippen LogP contribution in [0, 0.1) is 5.92 Å². The highest BCUT2D eigenvalue weighted by Gasteiger charge is 2.40. The molecule has 1 N–H and O–H groups in total. The summed E-state index contributed by atoms with van der Waals surface area (Å²) in [5.41, 5.74) is 0. The molecule has 0 spiro atoms. The lowest BCUT2D eigenvalue weighted by molar-refractivity contribution is -0.123. The smallest absolute Gasteiger partial charge is 0.138 e. The third-order valence-corrected chi connectivity index (χ3v) is 8.75. The Hall–Kier alpha value is 0.330. The Labute approximate surface area is 150 Å². The summed E-state index contributed by atoms with van der Waals surface area (Å²) in [4.78, 5) is 11.9. The zero-order chi connectivity index (χ0) is 16.5. The molecule has 0 amide bonds. The van der Waals surface area contributed by atoms with Crippen LogP contribution < -0.4 is 0 Å². The van der Waals surface area contributed by atoms with Crippen LogP contribution in [0.25, 0.3) is 0 Å². The average molecular weight is 359 g/mol. The van der Waals surface area contributed by atoms with Crippen LogP contribution in [0.3, 0.4) is 0 Å². The SMILES string of the molecule is CCCCCCCCC1(C[C@H](O)C2CCCC2=O)SCCCS1. The van der Waals surface area contributed by atoms with E-state index in [9.17, 15) is 9.90 Å². The number of Topliss-reactive ketones (excluding diaryl/α,β-unsaturated/α-hetero) is 1. The number of ketones is 1. The second-order valence-corrected chi connectivity index (χ2v) is 10.4. The van der Waals surface area contributed by atoms with Crippen LogP contribution in [0.2, 0.25) is 0 Å². The van der Waals surface area contributed by atoms with Crippen molar-refractivity contribution in [3.05, 3.63) is 0 Å². The number of carbonyl (C=O) groups excluding carboxylic acids is 1. The summed E-state index contributed by atoms with van der Waals surface area (Å²) in [5.74, 6) is 2.67. The van der Waals surface area contributed by atoms with Gasteiger partial charge in [0.1, 0.15) is 5.78 Å². The molecule has 2 rings (SSSR count). The van der Waals surface area contributed by atoms with Gasteiger partial charge in [0, 0.05) is 12.3 Å². The molecule has 0 aromatic heterocycles. The van der Waals surface area contributed by atoms with Gasteiger partial charge in [-0.05, 0) is 43.6 Å². The second-order valence-electron chi connectivity index (χ2n) is 7.22. The Morgan fingerprint density at radius 1 is 1.13 bits per heavy atom. The van der Waals surface area contributed by atoms with E-state index >= 15 is 0 Å². The van der Waals surface area contributed by atoms with Gasteiger partial charge in [-0.15, -0.1) is 23.5 Å². The molecule has 2 fully saturated rings. The predicted molar refractivity (Wildman–Crippen MR) is 103 cm³/mol. The van der Waals surface area contributed by atoms with Crippen molar-refractivity contribution < 1.29 is 9.90 Å². The lowest BCUT2D eigenvalue weighted by Crippen LogP contribution is -2.35. The number of rotatable bonds is 10. The lowest BCUT2D eigenvalue weighted by Gasteiger charge is -2.38. The largest absolute Gasteiger partial charge is 0.392 e. The normalized spacial score (nSPS) is 25.7. The van der Waals surface area contributed by atoms with E-state index in [4.69, 9.17) is 0 Å². The topological polar surface area (TPSA) is 37.3 Å². The molecular formula is C19H34O2S2. The zero-order valence-electron chi connectivity index (χ0n) is 14.7. The Balaban J connectivity index is 1.81. The molecule has 4 heteroatoms. The molecule has 1 aliphatic heterocycles. The molecule has 0 radical (unpaired) electrons. The van der Waals surface area contributed by atoms with E-state index in [2.05, 4.69) is 30.4 Å². The number of unbranched alkanes of at least 4 members (excludes halogenated alkanes) is 5. The highest BCUT2D eigenvalue weighted by atomic mass is 32.2. The summed E-state index contributed by atoms with van der Waals surface area (Å²) >= 11 is 4.12. The highest BCUT2D eigenvalue weighted by Crippen LogP contribution is 2.50. The Morgan fingerprint density at radius 2 is 1.83 bits per heavy atom. The molecule has 0 aromatic rings. The Bertz CT molecular complexity index is 353. The lowest BCUT2D eigenvalue weighted by atomic mass is 9.94. The Kier molecular flexibility index (Phi) is 8.84. The molecule has 2 nitrogen and oxygen atoms in total. The van der Waals surface area contributed by atoms with Gasteiger partial charge in [-0.25, -0.2) is 0 Å². The fourth-order valence-electron chi connectivity index (χ4n) is 3.87. The third-order valence-electron chi connectivity index (χ3n) is 5.27. The zero-order valence-corrected chi connectivity index (χ0v) is 16.4. The molecule has 1 heterocycles. The quantitative estimate of drug-likeness (QED) is 0.529. The van der Waals surface area contributed by atoms with Crippen molar-refractivity contribution in [1.29, 1.82) is 0 Å². The molecule has 23 heavy (non-hydrogen) atoms. The van der Waals surface area contributed by atoms with Crippen molar-refractivity contribution in [3.8, 4) is 0 Å². The first-order valence-corrected chi connectivity index (χ1v) is 11.6. The van der Waals surface area contributed by atoms with E-state index in [1.165, 1.54) is 62.9 Å². The van der Waals surface area contributed by atoms with Crippen LogP contribution in [0.1, 0.15) is 84.0 Å². The van der Waals surface area contributed by atoms with Gasteiger partial charge in [-0.1, -0.05) is 45.4 Å². The monoisotopic (exact) mass is 358 g/mol. The average Bonchev–Trinajstić information content (AvgIpc) is 2.98. The molecule has 1 aliphatic carbocycles. The summed E-state index contributed by atoms with van der Waals surface area (Å²) < 4.78 is 0.172. The summed E-state index contributed by atoms with van der Waals surface area (Å²) in [6.07, 6.45) is 13.4. The van der Waals surface area contributed by atoms with Crippen LogP contribution in [0.5, 0.6) is 0 Å². The highest BCUT2D eigenvalue weighted by molar-refractivity contribution is 8.18. The maximum atomic E-state index is 11.9. The molecule has 1 saturated heterocycles. The van der Waals surface area contributed by atoms with Gasteiger partial charge in [-0.2, -0.15) is 0 Å². The molecule has 1 unspecified atom stereocenters. The van der Waals surface area contributed by atoms with Crippen molar-refractivity contribution in [2.24, 2.45) is 5.92 Å². The van der Waals surface area contributed by atoms with E-state index in [0.29, 0.717) is 12.2 Å². The minimum atomic E-state index is -0.414. The van der Waals surface area contributed by atoms with E-state index in [-0.39, 0.29) is 10.00 Å². The van der Waals surface area contributed by atoms with Crippen LogP contribution in [0.4, 0.5) is 0 Å². The Morgan fingerprint density at radius 3 is 2.48 bits per heavy atom. The predicted octanol–water partition coefficient (Wildman–Crippen LogP) is 5.42. The number of carbonyl (C=O) groups is 1. The van der Waals surface area contributed by atoms with E-state index < -0.39 is 6.10 Å². The summed E-state index contributed by atoms with van der Waals surface area (Å²) in [5, 5.41) is 10.7. The summed E-state index contributed by atoms with van der Waals surface area (Å²) in [6.45, 7) is 2.26. The maximum absolute atomic E-state index is 11.9. The van der Waals surface area contributed by atoms with Crippen LogP contribution >= 0.6 is 23.5 Å². The van der Waals surface area contributed by atoms with Gasteiger partial charge >= 0.3 is 0 Å². The van der Waals surface area contributed by atoms with Crippen LogP contribution in [-0.4, -0.2) is 32.6 Å². The summed E-state index contributed by atoms with van der Waals surface area (Å²) in [6, 6.07) is 0. The van der Waals surface area contributed by atoms with Crippen molar-refractivity contribution in [1.82, 2.24) is 0 Å². The van der Waals surface area contributed by atoms with Crippen molar-refractivity contribution in [2.45, 2.75) is 94.2 Å². The number of hydrogen-bond donors (Lipinski definition) is 1. The summed E-state index contributed by atoms with van der Waals surface area (Å²) in [7, 11) is 0. The molecule has 2 atom stereocenters. The number of thioether (sulfide) groups is 2. The van der Waals surface area contributed by atoms with Gasteiger partial charge in [0.2, 0.25) is 0 Å². The molecule has 2 aliphatic rings. The second kappa shape index (κ2) is 10.4. The first-order chi connectivity index (χ1) is 11.2. The third kappa shape index (κ3) is 6.28. The number of aliphatic hydroxyl groups excluding tert-OH is 1. The molecule has 134 valence electrons. The van der Waals surface area contributed by atoms with Gasteiger partial charge in [0.05, 0.1) is 10.2 Å². The van der Waals surface area contributed by atoms with Crippen molar-refractivity contribution in [3.63, 3.8) is 0 Å². The number of aliphatic hydroxyl groups is 1. The van der Waals surface area contributed by atoms with Crippen molar-refractivity contribution >= 4 is 29.3 Å². The van der Waals surface area contributed by atoms with Crippen LogP contribution in [0.15, 0.2) is 0 Å². The molecular weight excluding hydrogens is 324 g/mol. The van der Waals surface area contributed by atoms with Gasteiger partial charge in [-0.3, -0.25) is 4.79 Å². The fourth-order valence-corrected chi connectivity index (χ4v) is 7.36. The van der Waals surface area contributed by atoms with E-state index in [0.717, 1.165) is 19.3 Å². The van der Waals surface area contributed by atoms with Gasteiger partial charge in [0.15, 0.2) is 0 Å². The maximum Gasteiger partial charge on any atom is 0.138 e. The van der Waals surface area contributed by atoms with Crippen molar-refractivity contribution in [2.75, 3.05) is 11.5 Å². The standard InChI is InChI=1S/C19H34O2S2/c1-2-3-4-5-6-7-12-19(22-13-9-14-23-19)15-18(21)16-10-8-11-17(16)20/h16,18,21H,2-15H2,1H3/t16?,18-/m0/s1. The van der Waals surface area contributed by atoms with Gasteiger partial charge in [0.25, 0.3) is 0 Å². The molecule has 0 bridgehead atoms. The van der Waals surface area contributed by atoms with E-state index in [1.54, 1.807) is 0 Å². The first kappa shape index (κ1) is 19.7. The van der Waals surface area contributed by atoms with E-state index in [1.807, 2.05) is 0 Å². The van der Waals surface area contributed by atoms with Crippen LogP contribution in [-0.2, 0) is 4.79 Å². The fraction of sp³-hybridized carbons (Fsp3) is 0.947. The van der Waals surface area contributed by atoms with Gasteiger partial charge < -0.3 is 5.11 Å². The molecule has 0 aromatic carbocycles. The first-order valence-electron chi connectivity index (χ1n) is 9.65. The minimum absolute atomic E-state index is 0.0699. The molecule has 1 saturated carbocycles. The minimum Gasteiger partial charge on any atom is -0.392 e.